The van der Waals surface area contributed by atoms with E-state index < -0.39 is 0 Å². The van der Waals surface area contributed by atoms with Crippen molar-refractivity contribution in [3.63, 3.8) is 0 Å². The summed E-state index contributed by atoms with van der Waals surface area (Å²) in [4.78, 5) is 2.18. The van der Waals surface area contributed by atoms with Gasteiger partial charge in [0, 0.05) is 13.1 Å². The average Bonchev–Trinajstić information content (AvgIpc) is 2.66. The van der Waals surface area contributed by atoms with Crippen LogP contribution in [0.2, 0.25) is 0 Å². The first-order chi connectivity index (χ1) is 7.63. The largest absolute Gasteiger partial charge is 0.382 e. The highest BCUT2D eigenvalue weighted by molar-refractivity contribution is 7.10. The summed E-state index contributed by atoms with van der Waals surface area (Å²) in [5.41, 5.74) is 6.18. The smallest absolute Gasteiger partial charge is 0.157 e. The first kappa shape index (κ1) is 12.8. The third-order valence-corrected chi connectivity index (χ3v) is 3.63. The number of nitrogens with zero attached hydrogens (tertiary/aromatic N) is 3. The van der Waals surface area contributed by atoms with Gasteiger partial charge < -0.3 is 10.6 Å². The molecular weight excluding hydrogens is 220 g/mol. The van der Waals surface area contributed by atoms with Gasteiger partial charge in [-0.1, -0.05) is 20.3 Å². The number of nitrogen functional groups attached to an aromatic ring is 1. The first-order valence-corrected chi connectivity index (χ1v) is 6.31. The molecule has 0 amide bonds. The molecule has 1 aromatic rings. The van der Waals surface area contributed by atoms with E-state index in [1.165, 1.54) is 11.5 Å². The summed E-state index contributed by atoms with van der Waals surface area (Å²) >= 11 is 1.31. The minimum Gasteiger partial charge on any atom is -0.382 e. The molecule has 5 heteroatoms. The minimum absolute atomic E-state index is 0.352. The maximum absolute atomic E-state index is 9.03. The molecule has 0 saturated heterocycles. The van der Waals surface area contributed by atoms with Crippen molar-refractivity contribution < 1.29 is 0 Å². The molecule has 0 radical (unpaired) electrons. The van der Waals surface area contributed by atoms with Crippen LogP contribution in [0.15, 0.2) is 0 Å². The predicted octanol–water partition coefficient (Wildman–Crippen LogP) is 2.47. The van der Waals surface area contributed by atoms with Gasteiger partial charge in [-0.2, -0.15) is 9.64 Å². The SMILES string of the molecule is CCC(C)CN(CC)c1snc(N)c1C#N. The van der Waals surface area contributed by atoms with Crippen LogP contribution in [0.1, 0.15) is 32.8 Å². The van der Waals surface area contributed by atoms with Gasteiger partial charge in [-0.05, 0) is 24.4 Å². The molecule has 0 saturated carbocycles. The number of rotatable bonds is 5. The van der Waals surface area contributed by atoms with E-state index in [-0.39, 0.29) is 0 Å². The molecule has 1 heterocycles. The third kappa shape index (κ3) is 2.64. The van der Waals surface area contributed by atoms with Gasteiger partial charge in [0.1, 0.15) is 16.6 Å². The maximum atomic E-state index is 9.03. The lowest BCUT2D eigenvalue weighted by Crippen LogP contribution is -2.27. The molecule has 88 valence electrons. The number of hydrogen-bond donors (Lipinski definition) is 1. The Labute approximate surface area is 101 Å². The lowest BCUT2D eigenvalue weighted by Gasteiger charge is -2.24. The second-order valence-electron chi connectivity index (χ2n) is 3.91. The Balaban J connectivity index is 2.91. The van der Waals surface area contributed by atoms with Crippen molar-refractivity contribution in [2.45, 2.75) is 27.2 Å². The van der Waals surface area contributed by atoms with Gasteiger partial charge in [0.25, 0.3) is 0 Å². The molecule has 0 aliphatic heterocycles. The van der Waals surface area contributed by atoms with Crippen LogP contribution in [-0.2, 0) is 0 Å². The Kier molecular flexibility index (Phi) is 4.56. The van der Waals surface area contributed by atoms with Crippen LogP contribution in [0.5, 0.6) is 0 Å². The highest BCUT2D eigenvalue weighted by Crippen LogP contribution is 2.30. The van der Waals surface area contributed by atoms with E-state index in [4.69, 9.17) is 11.0 Å². The van der Waals surface area contributed by atoms with E-state index in [0.717, 1.165) is 24.5 Å². The monoisotopic (exact) mass is 238 g/mol. The lowest BCUT2D eigenvalue weighted by atomic mass is 10.1. The summed E-state index contributed by atoms with van der Waals surface area (Å²) < 4.78 is 4.04. The number of hydrogen-bond acceptors (Lipinski definition) is 5. The standard InChI is InChI=1S/C11H18N4S/c1-4-8(3)7-15(5-2)11-9(6-12)10(13)14-16-11/h8H,4-5,7H2,1-3H3,(H2,13,14). The Bertz CT molecular complexity index is 380. The van der Waals surface area contributed by atoms with Crippen molar-refractivity contribution in [3.05, 3.63) is 5.56 Å². The van der Waals surface area contributed by atoms with Crippen molar-refractivity contribution in [2.24, 2.45) is 5.92 Å². The molecule has 0 aliphatic carbocycles. The lowest BCUT2D eigenvalue weighted by molar-refractivity contribution is 0.549. The van der Waals surface area contributed by atoms with Crippen LogP contribution in [0.25, 0.3) is 0 Å². The molecule has 1 unspecified atom stereocenters. The van der Waals surface area contributed by atoms with Gasteiger partial charge in [-0.15, -0.1) is 0 Å². The molecule has 1 aromatic heterocycles. The normalized spacial score (nSPS) is 12.1. The van der Waals surface area contributed by atoms with Crippen LogP contribution < -0.4 is 10.6 Å². The van der Waals surface area contributed by atoms with E-state index in [1.54, 1.807) is 0 Å². The summed E-state index contributed by atoms with van der Waals surface area (Å²) in [6.07, 6.45) is 1.13. The molecule has 0 aromatic carbocycles. The van der Waals surface area contributed by atoms with E-state index in [2.05, 4.69) is 36.1 Å². The third-order valence-electron chi connectivity index (χ3n) is 2.71. The zero-order chi connectivity index (χ0) is 12.1. The fourth-order valence-electron chi connectivity index (χ4n) is 1.48. The van der Waals surface area contributed by atoms with Crippen LogP contribution in [0, 0.1) is 17.2 Å². The second kappa shape index (κ2) is 5.71. The Hall–Kier alpha value is -1.28. The van der Waals surface area contributed by atoms with Crippen molar-refractivity contribution in [2.75, 3.05) is 23.7 Å². The van der Waals surface area contributed by atoms with E-state index in [1.807, 2.05) is 0 Å². The topological polar surface area (TPSA) is 65.9 Å². The summed E-state index contributed by atoms with van der Waals surface area (Å²) in [6.45, 7) is 8.28. The molecule has 0 fully saturated rings. The molecule has 1 atom stereocenters. The number of nitriles is 1. The van der Waals surface area contributed by atoms with Crippen LogP contribution in [0.4, 0.5) is 10.8 Å². The summed E-state index contributed by atoms with van der Waals surface area (Å²) in [7, 11) is 0. The highest BCUT2D eigenvalue weighted by atomic mass is 32.1. The van der Waals surface area contributed by atoms with Crippen LogP contribution in [0.3, 0.4) is 0 Å². The molecule has 16 heavy (non-hydrogen) atoms. The molecular formula is C11H18N4S. The Morgan fingerprint density at radius 2 is 2.25 bits per heavy atom. The Morgan fingerprint density at radius 3 is 2.75 bits per heavy atom. The molecule has 4 nitrogen and oxygen atoms in total. The first-order valence-electron chi connectivity index (χ1n) is 5.54. The number of aromatic nitrogens is 1. The van der Waals surface area contributed by atoms with Crippen molar-refractivity contribution >= 4 is 22.4 Å². The predicted molar refractivity (Wildman–Crippen MR) is 68.6 cm³/mol. The van der Waals surface area contributed by atoms with Crippen molar-refractivity contribution in [1.82, 2.24) is 4.37 Å². The maximum Gasteiger partial charge on any atom is 0.157 e. The molecule has 0 aliphatic rings. The summed E-state index contributed by atoms with van der Waals surface area (Å²) in [6, 6.07) is 2.13. The van der Waals surface area contributed by atoms with E-state index in [0.29, 0.717) is 17.3 Å². The number of anilines is 2. The quantitative estimate of drug-likeness (QED) is 0.855. The summed E-state index contributed by atoms with van der Waals surface area (Å²) in [5.74, 6) is 0.958. The summed E-state index contributed by atoms with van der Waals surface area (Å²) in [5, 5.41) is 9.94. The molecule has 1 rings (SSSR count). The van der Waals surface area contributed by atoms with Crippen molar-refractivity contribution in [1.29, 1.82) is 5.26 Å². The fourth-order valence-corrected chi connectivity index (χ4v) is 2.31. The van der Waals surface area contributed by atoms with Gasteiger partial charge in [-0.3, -0.25) is 0 Å². The van der Waals surface area contributed by atoms with Crippen molar-refractivity contribution in [3.8, 4) is 6.07 Å². The second-order valence-corrected chi connectivity index (χ2v) is 4.66. The minimum atomic E-state index is 0.352. The van der Waals surface area contributed by atoms with Gasteiger partial charge in [0.2, 0.25) is 0 Å². The molecule has 2 N–H and O–H groups in total. The van der Waals surface area contributed by atoms with Gasteiger partial charge in [-0.25, -0.2) is 0 Å². The Morgan fingerprint density at radius 1 is 1.56 bits per heavy atom. The number of nitrogens with two attached hydrogens (primary N) is 1. The van der Waals surface area contributed by atoms with E-state index >= 15 is 0 Å². The zero-order valence-corrected chi connectivity index (χ0v) is 10.8. The van der Waals surface area contributed by atoms with E-state index in [9.17, 15) is 0 Å². The van der Waals surface area contributed by atoms with Crippen LogP contribution in [-0.4, -0.2) is 17.5 Å². The van der Waals surface area contributed by atoms with Crippen LogP contribution >= 0.6 is 11.5 Å². The zero-order valence-electron chi connectivity index (χ0n) is 10.0. The average molecular weight is 238 g/mol. The molecule has 0 spiro atoms. The van der Waals surface area contributed by atoms with Gasteiger partial charge in [0.05, 0.1) is 0 Å². The molecule has 0 bridgehead atoms. The van der Waals surface area contributed by atoms with Gasteiger partial charge >= 0.3 is 0 Å². The highest BCUT2D eigenvalue weighted by Gasteiger charge is 2.17. The fraction of sp³-hybridized carbons (Fsp3) is 0.636. The van der Waals surface area contributed by atoms with Gasteiger partial charge in [0.15, 0.2) is 5.82 Å².